The molecular weight excluding hydrogens is 258 g/mol. The molecule has 1 heterocycles. The molecule has 3 N–H and O–H groups in total. The van der Waals surface area contributed by atoms with Crippen molar-refractivity contribution >= 4 is 11.7 Å². The molecule has 20 heavy (non-hydrogen) atoms. The molecule has 1 aliphatic rings. The summed E-state index contributed by atoms with van der Waals surface area (Å²) < 4.78 is 5.29. The summed E-state index contributed by atoms with van der Waals surface area (Å²) in [6.45, 7) is 1.37. The fraction of sp³-hybridized carbons (Fsp3) is 0.429. The van der Waals surface area contributed by atoms with Crippen molar-refractivity contribution in [3.8, 4) is 0 Å². The Bertz CT molecular complexity index is 508. The molecule has 2 rings (SSSR count). The summed E-state index contributed by atoms with van der Waals surface area (Å²) in [5.41, 5.74) is 6.62. The zero-order valence-electron chi connectivity index (χ0n) is 11.5. The standard InChI is InChI=1S/C14H19N3O3/c1-20-12-5-7-17(8-6-12)14(18)11-4-2-3-10(9-11)13(15)16-19/h2-4,9,12,19H,5-8H2,1H3,(H2,15,16). The molecule has 1 aliphatic heterocycles. The number of benzene rings is 1. The van der Waals surface area contributed by atoms with Crippen molar-refractivity contribution in [1.29, 1.82) is 0 Å². The van der Waals surface area contributed by atoms with E-state index in [-0.39, 0.29) is 17.8 Å². The molecule has 1 fully saturated rings. The van der Waals surface area contributed by atoms with Gasteiger partial charge in [-0.1, -0.05) is 17.3 Å². The van der Waals surface area contributed by atoms with Gasteiger partial charge in [0.1, 0.15) is 0 Å². The van der Waals surface area contributed by atoms with Crippen LogP contribution < -0.4 is 5.73 Å². The van der Waals surface area contributed by atoms with Gasteiger partial charge < -0.3 is 20.6 Å². The molecule has 0 atom stereocenters. The van der Waals surface area contributed by atoms with Crippen molar-refractivity contribution in [1.82, 2.24) is 4.90 Å². The van der Waals surface area contributed by atoms with E-state index in [0.717, 1.165) is 12.8 Å². The van der Waals surface area contributed by atoms with E-state index in [2.05, 4.69) is 5.16 Å². The Morgan fingerprint density at radius 1 is 1.40 bits per heavy atom. The van der Waals surface area contributed by atoms with Crippen LogP contribution >= 0.6 is 0 Å². The molecule has 0 radical (unpaired) electrons. The van der Waals surface area contributed by atoms with Crippen LogP contribution in [-0.4, -0.2) is 48.2 Å². The smallest absolute Gasteiger partial charge is 0.253 e. The molecule has 0 aliphatic carbocycles. The number of rotatable bonds is 3. The molecule has 0 spiro atoms. The minimum absolute atomic E-state index is 0.00209. The molecule has 0 unspecified atom stereocenters. The van der Waals surface area contributed by atoms with Gasteiger partial charge in [-0.3, -0.25) is 4.79 Å². The number of amidine groups is 1. The Balaban J connectivity index is 2.10. The van der Waals surface area contributed by atoms with Crippen LogP contribution in [0.15, 0.2) is 29.4 Å². The third kappa shape index (κ3) is 3.08. The second-order valence-corrected chi connectivity index (χ2v) is 4.79. The average Bonchev–Trinajstić information content (AvgIpc) is 2.53. The summed E-state index contributed by atoms with van der Waals surface area (Å²) in [4.78, 5) is 14.2. The van der Waals surface area contributed by atoms with E-state index in [4.69, 9.17) is 15.7 Å². The minimum Gasteiger partial charge on any atom is -0.409 e. The molecular formula is C14H19N3O3. The van der Waals surface area contributed by atoms with E-state index in [0.29, 0.717) is 24.2 Å². The van der Waals surface area contributed by atoms with E-state index < -0.39 is 0 Å². The van der Waals surface area contributed by atoms with Gasteiger partial charge in [0, 0.05) is 31.3 Å². The van der Waals surface area contributed by atoms with Crippen LogP contribution in [0.2, 0.25) is 0 Å². The van der Waals surface area contributed by atoms with E-state index in [1.165, 1.54) is 0 Å². The lowest BCUT2D eigenvalue weighted by atomic mass is 10.0. The minimum atomic E-state index is -0.0351. The number of methoxy groups -OCH3 is 1. The largest absolute Gasteiger partial charge is 0.409 e. The van der Waals surface area contributed by atoms with Crippen LogP contribution in [0.4, 0.5) is 0 Å². The Hall–Kier alpha value is -2.08. The Labute approximate surface area is 117 Å². The summed E-state index contributed by atoms with van der Waals surface area (Å²) in [5, 5.41) is 11.6. The number of likely N-dealkylation sites (tertiary alicyclic amines) is 1. The van der Waals surface area contributed by atoms with Crippen LogP contribution in [0.3, 0.4) is 0 Å². The fourth-order valence-electron chi connectivity index (χ4n) is 2.35. The number of hydrogen-bond donors (Lipinski definition) is 2. The summed E-state index contributed by atoms with van der Waals surface area (Å²) in [6, 6.07) is 6.80. The third-order valence-electron chi connectivity index (χ3n) is 3.58. The molecule has 1 aromatic rings. The lowest BCUT2D eigenvalue weighted by Crippen LogP contribution is -2.40. The monoisotopic (exact) mass is 277 g/mol. The number of piperidine rings is 1. The van der Waals surface area contributed by atoms with Gasteiger partial charge in [-0.15, -0.1) is 0 Å². The van der Waals surface area contributed by atoms with Gasteiger partial charge in [-0.2, -0.15) is 0 Å². The van der Waals surface area contributed by atoms with Crippen molar-refractivity contribution in [2.24, 2.45) is 10.9 Å². The molecule has 108 valence electrons. The Morgan fingerprint density at radius 3 is 2.65 bits per heavy atom. The summed E-state index contributed by atoms with van der Waals surface area (Å²) in [5.74, 6) is -0.0371. The molecule has 1 saturated heterocycles. The highest BCUT2D eigenvalue weighted by molar-refractivity contribution is 6.01. The molecule has 1 aromatic carbocycles. The second kappa shape index (κ2) is 6.38. The average molecular weight is 277 g/mol. The maximum absolute atomic E-state index is 12.4. The first-order chi connectivity index (χ1) is 9.65. The summed E-state index contributed by atoms with van der Waals surface area (Å²) >= 11 is 0. The zero-order chi connectivity index (χ0) is 14.5. The third-order valence-corrected chi connectivity index (χ3v) is 3.58. The topological polar surface area (TPSA) is 88.2 Å². The van der Waals surface area contributed by atoms with Crippen molar-refractivity contribution in [2.75, 3.05) is 20.2 Å². The molecule has 1 amide bonds. The number of nitrogens with zero attached hydrogens (tertiary/aromatic N) is 2. The Kier molecular flexibility index (Phi) is 4.57. The first-order valence-corrected chi connectivity index (χ1v) is 6.55. The summed E-state index contributed by atoms with van der Waals surface area (Å²) in [7, 11) is 1.70. The van der Waals surface area contributed by atoms with Gasteiger partial charge in [0.15, 0.2) is 5.84 Å². The molecule has 0 aromatic heterocycles. The number of carbonyl (C=O) groups is 1. The van der Waals surface area contributed by atoms with E-state index in [1.54, 1.807) is 36.3 Å². The number of nitrogens with two attached hydrogens (primary N) is 1. The first-order valence-electron chi connectivity index (χ1n) is 6.55. The fourth-order valence-corrected chi connectivity index (χ4v) is 2.35. The van der Waals surface area contributed by atoms with Crippen LogP contribution in [-0.2, 0) is 4.74 Å². The van der Waals surface area contributed by atoms with Gasteiger partial charge >= 0.3 is 0 Å². The SMILES string of the molecule is COC1CCN(C(=O)c2cccc(/C(N)=N/O)c2)CC1. The van der Waals surface area contributed by atoms with Gasteiger partial charge in [0.25, 0.3) is 5.91 Å². The highest BCUT2D eigenvalue weighted by Crippen LogP contribution is 2.16. The van der Waals surface area contributed by atoms with Gasteiger partial charge in [-0.25, -0.2) is 0 Å². The maximum Gasteiger partial charge on any atom is 0.253 e. The van der Waals surface area contributed by atoms with Crippen LogP contribution in [0, 0.1) is 0 Å². The Morgan fingerprint density at radius 2 is 2.05 bits per heavy atom. The first kappa shape index (κ1) is 14.3. The number of oxime groups is 1. The lowest BCUT2D eigenvalue weighted by Gasteiger charge is -2.31. The molecule has 6 heteroatoms. The van der Waals surface area contributed by atoms with Crippen LogP contribution in [0.5, 0.6) is 0 Å². The van der Waals surface area contributed by atoms with Crippen LogP contribution in [0.1, 0.15) is 28.8 Å². The van der Waals surface area contributed by atoms with Gasteiger partial charge in [0.05, 0.1) is 6.10 Å². The molecule has 6 nitrogen and oxygen atoms in total. The van der Waals surface area contributed by atoms with Crippen molar-refractivity contribution < 1.29 is 14.7 Å². The van der Waals surface area contributed by atoms with Gasteiger partial charge in [0.2, 0.25) is 0 Å². The quantitative estimate of drug-likeness (QED) is 0.374. The summed E-state index contributed by atoms with van der Waals surface area (Å²) in [6.07, 6.45) is 1.94. The van der Waals surface area contributed by atoms with Crippen molar-refractivity contribution in [3.05, 3.63) is 35.4 Å². The predicted octanol–water partition coefficient (Wildman–Crippen LogP) is 1.03. The highest BCUT2D eigenvalue weighted by Gasteiger charge is 2.23. The van der Waals surface area contributed by atoms with Crippen LogP contribution in [0.25, 0.3) is 0 Å². The zero-order valence-corrected chi connectivity index (χ0v) is 11.5. The van der Waals surface area contributed by atoms with E-state index in [1.807, 2.05) is 0 Å². The molecule has 0 bridgehead atoms. The lowest BCUT2D eigenvalue weighted by molar-refractivity contribution is 0.0351. The van der Waals surface area contributed by atoms with Crippen molar-refractivity contribution in [2.45, 2.75) is 18.9 Å². The normalized spacial score (nSPS) is 17.2. The number of hydrogen-bond acceptors (Lipinski definition) is 4. The maximum atomic E-state index is 12.4. The predicted molar refractivity (Wildman–Crippen MR) is 74.9 cm³/mol. The number of carbonyl (C=O) groups excluding carboxylic acids is 1. The second-order valence-electron chi connectivity index (χ2n) is 4.79. The van der Waals surface area contributed by atoms with E-state index >= 15 is 0 Å². The van der Waals surface area contributed by atoms with Gasteiger partial charge in [-0.05, 0) is 25.0 Å². The highest BCUT2D eigenvalue weighted by atomic mass is 16.5. The molecule has 0 saturated carbocycles. The van der Waals surface area contributed by atoms with E-state index in [9.17, 15) is 4.79 Å². The number of amides is 1. The number of ether oxygens (including phenoxy) is 1. The van der Waals surface area contributed by atoms with Crippen molar-refractivity contribution in [3.63, 3.8) is 0 Å².